The Hall–Kier alpha value is -1.39. The van der Waals surface area contributed by atoms with Crippen LogP contribution in [0.1, 0.15) is 30.8 Å². The first kappa shape index (κ1) is 15.0. The van der Waals surface area contributed by atoms with Gasteiger partial charge in [-0.2, -0.15) is 5.10 Å². The fraction of sp³-hybridized carbons (Fsp3) is 0.400. The quantitative estimate of drug-likeness (QED) is 0.883. The molecule has 1 aromatic heterocycles. The number of nitrogens with one attached hydrogen (secondary N) is 1. The fourth-order valence-electron chi connectivity index (χ4n) is 2.11. The molecule has 0 aliphatic carbocycles. The Morgan fingerprint density at radius 2 is 1.90 bits per heavy atom. The van der Waals surface area contributed by atoms with Crippen molar-refractivity contribution in [1.82, 2.24) is 15.1 Å². The first-order valence-electron chi connectivity index (χ1n) is 6.84. The zero-order valence-electron chi connectivity index (χ0n) is 11.8. The van der Waals surface area contributed by atoms with E-state index in [1.807, 2.05) is 18.5 Å². The van der Waals surface area contributed by atoms with E-state index in [9.17, 15) is 4.39 Å². The number of benzene rings is 1. The molecule has 3 nitrogen and oxygen atoms in total. The van der Waals surface area contributed by atoms with Crippen LogP contribution in [-0.4, -0.2) is 9.78 Å². The van der Waals surface area contributed by atoms with Crippen LogP contribution >= 0.6 is 11.6 Å². The van der Waals surface area contributed by atoms with Crippen molar-refractivity contribution >= 4 is 11.6 Å². The first-order valence-corrected chi connectivity index (χ1v) is 7.22. The van der Waals surface area contributed by atoms with Crippen molar-refractivity contribution in [1.29, 1.82) is 0 Å². The minimum absolute atomic E-state index is 0.214. The standard InChI is InChI=1S/C15H19ClFN3/c1-3-13-15(16)14(20(4-2)19-13)10-18-9-11-5-7-12(17)8-6-11/h5-8,18H,3-4,9-10H2,1-2H3. The topological polar surface area (TPSA) is 29.9 Å². The summed E-state index contributed by atoms with van der Waals surface area (Å²) in [5.41, 5.74) is 2.99. The van der Waals surface area contributed by atoms with Crippen molar-refractivity contribution < 1.29 is 4.39 Å². The summed E-state index contributed by atoms with van der Waals surface area (Å²) < 4.78 is 14.7. The van der Waals surface area contributed by atoms with Crippen molar-refractivity contribution in [2.45, 2.75) is 39.9 Å². The summed E-state index contributed by atoms with van der Waals surface area (Å²) >= 11 is 6.34. The maximum atomic E-state index is 12.8. The monoisotopic (exact) mass is 295 g/mol. The van der Waals surface area contributed by atoms with Crippen molar-refractivity contribution in [3.05, 3.63) is 52.1 Å². The van der Waals surface area contributed by atoms with Crippen LogP contribution in [0.25, 0.3) is 0 Å². The van der Waals surface area contributed by atoms with E-state index in [-0.39, 0.29) is 5.82 Å². The third-order valence-electron chi connectivity index (χ3n) is 3.23. The van der Waals surface area contributed by atoms with Gasteiger partial charge in [0.25, 0.3) is 0 Å². The minimum Gasteiger partial charge on any atom is -0.307 e. The van der Waals surface area contributed by atoms with Crippen LogP contribution in [0.3, 0.4) is 0 Å². The molecular formula is C15H19ClFN3. The molecule has 0 unspecified atom stereocenters. The lowest BCUT2D eigenvalue weighted by Gasteiger charge is -2.07. The molecule has 0 saturated carbocycles. The molecule has 0 saturated heterocycles. The van der Waals surface area contributed by atoms with Gasteiger partial charge in [-0.05, 0) is 31.0 Å². The number of halogens is 2. The van der Waals surface area contributed by atoms with Gasteiger partial charge < -0.3 is 5.32 Å². The van der Waals surface area contributed by atoms with Crippen molar-refractivity contribution in [2.24, 2.45) is 0 Å². The van der Waals surface area contributed by atoms with Crippen molar-refractivity contribution in [3.8, 4) is 0 Å². The summed E-state index contributed by atoms with van der Waals surface area (Å²) in [5, 5.41) is 8.55. The molecule has 1 heterocycles. The van der Waals surface area contributed by atoms with E-state index in [1.165, 1.54) is 12.1 Å². The summed E-state index contributed by atoms with van der Waals surface area (Å²) in [6.07, 6.45) is 0.830. The molecule has 2 rings (SSSR count). The van der Waals surface area contributed by atoms with Crippen LogP contribution in [0.15, 0.2) is 24.3 Å². The molecule has 0 fully saturated rings. The van der Waals surface area contributed by atoms with E-state index in [0.717, 1.165) is 34.9 Å². The third-order valence-corrected chi connectivity index (χ3v) is 3.67. The first-order chi connectivity index (χ1) is 9.65. The van der Waals surface area contributed by atoms with Gasteiger partial charge in [-0.3, -0.25) is 4.68 Å². The van der Waals surface area contributed by atoms with Crippen LogP contribution in [0, 0.1) is 5.82 Å². The van der Waals surface area contributed by atoms with Crippen LogP contribution in [0.5, 0.6) is 0 Å². The van der Waals surface area contributed by atoms with E-state index in [4.69, 9.17) is 11.6 Å². The van der Waals surface area contributed by atoms with Gasteiger partial charge in [-0.25, -0.2) is 4.39 Å². The van der Waals surface area contributed by atoms with Gasteiger partial charge in [0.15, 0.2) is 0 Å². The highest BCUT2D eigenvalue weighted by atomic mass is 35.5. The summed E-state index contributed by atoms with van der Waals surface area (Å²) in [6, 6.07) is 6.49. The largest absolute Gasteiger partial charge is 0.307 e. The molecule has 0 aliphatic rings. The summed E-state index contributed by atoms with van der Waals surface area (Å²) in [4.78, 5) is 0. The maximum absolute atomic E-state index is 12.8. The lowest BCUT2D eigenvalue weighted by atomic mass is 10.2. The number of hydrogen-bond donors (Lipinski definition) is 1. The number of aromatic nitrogens is 2. The van der Waals surface area contributed by atoms with Crippen LogP contribution in [-0.2, 0) is 26.1 Å². The molecule has 108 valence electrons. The lowest BCUT2D eigenvalue weighted by Crippen LogP contribution is -2.16. The molecule has 0 bridgehead atoms. The molecule has 0 spiro atoms. The fourth-order valence-corrected chi connectivity index (χ4v) is 2.45. The third kappa shape index (κ3) is 3.38. The highest BCUT2D eigenvalue weighted by molar-refractivity contribution is 6.31. The second kappa shape index (κ2) is 6.86. The average Bonchev–Trinajstić information content (AvgIpc) is 2.77. The molecular weight excluding hydrogens is 277 g/mol. The van der Waals surface area contributed by atoms with Gasteiger partial charge in [0, 0.05) is 19.6 Å². The molecule has 0 amide bonds. The van der Waals surface area contributed by atoms with Crippen molar-refractivity contribution in [2.75, 3.05) is 0 Å². The number of rotatable bonds is 6. The van der Waals surface area contributed by atoms with E-state index >= 15 is 0 Å². The summed E-state index contributed by atoms with van der Waals surface area (Å²) in [5.74, 6) is -0.214. The highest BCUT2D eigenvalue weighted by Gasteiger charge is 2.13. The molecule has 1 N–H and O–H groups in total. The second-order valence-electron chi connectivity index (χ2n) is 4.61. The number of hydrogen-bond acceptors (Lipinski definition) is 2. The van der Waals surface area contributed by atoms with E-state index < -0.39 is 0 Å². The predicted molar refractivity (Wildman–Crippen MR) is 79.2 cm³/mol. The zero-order valence-corrected chi connectivity index (χ0v) is 12.5. The summed E-state index contributed by atoms with van der Waals surface area (Å²) in [7, 11) is 0. The zero-order chi connectivity index (χ0) is 14.5. The number of nitrogens with zero attached hydrogens (tertiary/aromatic N) is 2. The van der Waals surface area contributed by atoms with Gasteiger partial charge in [-0.15, -0.1) is 0 Å². The molecule has 0 aliphatic heterocycles. The smallest absolute Gasteiger partial charge is 0.123 e. The van der Waals surface area contributed by atoms with Crippen molar-refractivity contribution in [3.63, 3.8) is 0 Å². The maximum Gasteiger partial charge on any atom is 0.123 e. The van der Waals surface area contributed by atoms with Gasteiger partial charge in [0.1, 0.15) is 5.82 Å². The van der Waals surface area contributed by atoms with Gasteiger partial charge >= 0.3 is 0 Å². The van der Waals surface area contributed by atoms with Gasteiger partial charge in [0.05, 0.1) is 16.4 Å². The summed E-state index contributed by atoms with van der Waals surface area (Å²) in [6.45, 7) is 6.22. The van der Waals surface area contributed by atoms with Gasteiger partial charge in [0.2, 0.25) is 0 Å². The molecule has 1 aromatic carbocycles. The van der Waals surface area contributed by atoms with E-state index in [1.54, 1.807) is 12.1 Å². The highest BCUT2D eigenvalue weighted by Crippen LogP contribution is 2.21. The molecule has 2 aromatic rings. The average molecular weight is 296 g/mol. The Labute approximate surface area is 123 Å². The SMILES string of the molecule is CCc1nn(CC)c(CNCc2ccc(F)cc2)c1Cl. The molecule has 0 radical (unpaired) electrons. The lowest BCUT2D eigenvalue weighted by molar-refractivity contribution is 0.577. The number of aryl methyl sites for hydroxylation is 2. The predicted octanol–water partition coefficient (Wildman–Crippen LogP) is 3.55. The normalized spacial score (nSPS) is 11.0. The molecule has 5 heteroatoms. The van der Waals surface area contributed by atoms with E-state index in [2.05, 4.69) is 10.4 Å². The molecule has 20 heavy (non-hydrogen) atoms. The van der Waals surface area contributed by atoms with Crippen LogP contribution < -0.4 is 5.32 Å². The minimum atomic E-state index is -0.214. The van der Waals surface area contributed by atoms with Gasteiger partial charge in [-0.1, -0.05) is 30.7 Å². The Bertz CT molecular complexity index is 563. The van der Waals surface area contributed by atoms with E-state index in [0.29, 0.717) is 13.1 Å². The second-order valence-corrected chi connectivity index (χ2v) is 4.98. The molecule has 0 atom stereocenters. The van der Waals surface area contributed by atoms with Crippen LogP contribution in [0.4, 0.5) is 4.39 Å². The van der Waals surface area contributed by atoms with Crippen LogP contribution in [0.2, 0.25) is 5.02 Å². The Morgan fingerprint density at radius 3 is 2.50 bits per heavy atom. The Kier molecular flexibility index (Phi) is 5.15. The Morgan fingerprint density at radius 1 is 1.20 bits per heavy atom. The Balaban J connectivity index is 2.00.